The van der Waals surface area contributed by atoms with Crippen LogP contribution in [0.4, 0.5) is 0 Å². The van der Waals surface area contributed by atoms with E-state index in [4.69, 9.17) is 0 Å². The molecule has 0 saturated carbocycles. The Morgan fingerprint density at radius 3 is 2.53 bits per heavy atom. The van der Waals surface area contributed by atoms with Crippen molar-refractivity contribution in [1.82, 2.24) is 25.6 Å². The Labute approximate surface area is 114 Å². The van der Waals surface area contributed by atoms with Crippen LogP contribution in [0.3, 0.4) is 0 Å². The third-order valence-corrected chi connectivity index (χ3v) is 3.74. The second-order valence-corrected chi connectivity index (χ2v) is 4.93. The zero-order valence-corrected chi connectivity index (χ0v) is 10.8. The molecule has 1 atom stereocenters. The molecule has 0 fully saturated rings. The second-order valence-electron chi connectivity index (χ2n) is 3.86. The fraction of sp³-hybridized carbons (Fsp3) is 0.0769. The molecule has 2 aromatic heterocycles. The van der Waals surface area contributed by atoms with E-state index >= 15 is 0 Å². The molecule has 19 heavy (non-hydrogen) atoms. The quantitative estimate of drug-likeness (QED) is 0.737. The van der Waals surface area contributed by atoms with Gasteiger partial charge in [0.05, 0.1) is 10.9 Å². The summed E-state index contributed by atoms with van der Waals surface area (Å²) in [6, 6.07) is 16.1. The molecule has 5 nitrogen and oxygen atoms in total. The number of hydrogen-bond acceptors (Lipinski definition) is 5. The maximum Gasteiger partial charge on any atom is 0.231 e. The first kappa shape index (κ1) is 11.9. The molecule has 1 unspecified atom stereocenters. The summed E-state index contributed by atoms with van der Waals surface area (Å²) in [5.41, 5.74) is 2.14. The average Bonchev–Trinajstić information content (AvgIpc) is 3.00. The number of benzene rings is 1. The van der Waals surface area contributed by atoms with Gasteiger partial charge in [-0.15, -0.1) is 10.2 Å². The van der Waals surface area contributed by atoms with E-state index in [1.807, 2.05) is 36.4 Å². The molecule has 0 spiro atoms. The predicted octanol–water partition coefficient (Wildman–Crippen LogP) is 2.48. The molecule has 0 aliphatic carbocycles. The van der Waals surface area contributed by atoms with Crippen molar-refractivity contribution in [1.29, 1.82) is 0 Å². The standard InChI is InChI=1S/C13H11N5S/c1-2-6-10(7-3-1)12(11-8-4-5-9-14-11)19-13-15-17-18-16-13/h1-9,12H,(H,15,16,17,18). The van der Waals surface area contributed by atoms with E-state index in [-0.39, 0.29) is 5.25 Å². The molecule has 2 heterocycles. The van der Waals surface area contributed by atoms with Crippen molar-refractivity contribution >= 4 is 11.8 Å². The van der Waals surface area contributed by atoms with Gasteiger partial charge in [0.25, 0.3) is 0 Å². The molecular formula is C13H11N5S. The first-order valence-corrected chi connectivity index (χ1v) is 6.67. The lowest BCUT2D eigenvalue weighted by atomic mass is 10.1. The molecule has 1 N–H and O–H groups in total. The van der Waals surface area contributed by atoms with Crippen molar-refractivity contribution in [3.63, 3.8) is 0 Å². The van der Waals surface area contributed by atoms with E-state index in [0.717, 1.165) is 11.3 Å². The fourth-order valence-corrected chi connectivity index (χ4v) is 2.71. The van der Waals surface area contributed by atoms with Crippen LogP contribution in [0.15, 0.2) is 59.9 Å². The SMILES string of the molecule is c1ccc(C(Sc2nn[nH]n2)c2ccccn2)cc1. The number of pyridine rings is 1. The number of thioether (sulfide) groups is 1. The molecule has 94 valence electrons. The van der Waals surface area contributed by atoms with Gasteiger partial charge in [-0.1, -0.05) is 48.2 Å². The lowest BCUT2D eigenvalue weighted by molar-refractivity contribution is 0.881. The van der Waals surface area contributed by atoms with Crippen LogP contribution in [0.1, 0.15) is 16.5 Å². The summed E-state index contributed by atoms with van der Waals surface area (Å²) in [5, 5.41) is 14.7. The number of aromatic nitrogens is 5. The smallest absolute Gasteiger partial charge is 0.231 e. The van der Waals surface area contributed by atoms with Crippen LogP contribution >= 0.6 is 11.8 Å². The van der Waals surface area contributed by atoms with Crippen molar-refractivity contribution in [3.8, 4) is 0 Å². The van der Waals surface area contributed by atoms with Crippen molar-refractivity contribution < 1.29 is 0 Å². The van der Waals surface area contributed by atoms with Crippen molar-refractivity contribution in [3.05, 3.63) is 66.0 Å². The van der Waals surface area contributed by atoms with Gasteiger partial charge in [0.2, 0.25) is 5.16 Å². The minimum atomic E-state index is 0.0556. The molecular weight excluding hydrogens is 258 g/mol. The first-order chi connectivity index (χ1) is 9.43. The van der Waals surface area contributed by atoms with Crippen molar-refractivity contribution in [2.75, 3.05) is 0 Å². The third kappa shape index (κ3) is 2.79. The van der Waals surface area contributed by atoms with E-state index in [1.54, 1.807) is 6.20 Å². The van der Waals surface area contributed by atoms with Crippen LogP contribution in [0.25, 0.3) is 0 Å². The van der Waals surface area contributed by atoms with Crippen LogP contribution in [0, 0.1) is 0 Å². The molecule has 0 amide bonds. The molecule has 0 saturated heterocycles. The Kier molecular flexibility index (Phi) is 3.51. The van der Waals surface area contributed by atoms with Crippen molar-refractivity contribution in [2.45, 2.75) is 10.4 Å². The number of aromatic amines is 1. The highest BCUT2D eigenvalue weighted by atomic mass is 32.2. The summed E-state index contributed by atoms with van der Waals surface area (Å²) < 4.78 is 0. The lowest BCUT2D eigenvalue weighted by Crippen LogP contribution is -1.99. The molecule has 0 bridgehead atoms. The molecule has 6 heteroatoms. The summed E-state index contributed by atoms with van der Waals surface area (Å²) in [4.78, 5) is 4.43. The van der Waals surface area contributed by atoms with Gasteiger partial charge in [0.15, 0.2) is 0 Å². The summed E-state index contributed by atoms with van der Waals surface area (Å²) in [6.07, 6.45) is 1.79. The Morgan fingerprint density at radius 2 is 1.84 bits per heavy atom. The third-order valence-electron chi connectivity index (χ3n) is 2.61. The van der Waals surface area contributed by atoms with Crippen LogP contribution in [0.5, 0.6) is 0 Å². The summed E-state index contributed by atoms with van der Waals surface area (Å²) in [6.45, 7) is 0. The molecule has 0 radical (unpaired) electrons. The Hall–Kier alpha value is -2.21. The Bertz CT molecular complexity index is 573. The van der Waals surface area contributed by atoms with Gasteiger partial charge in [0, 0.05) is 6.20 Å². The number of nitrogens with one attached hydrogen (secondary N) is 1. The zero-order chi connectivity index (χ0) is 12.9. The van der Waals surface area contributed by atoms with E-state index < -0.39 is 0 Å². The minimum Gasteiger partial charge on any atom is -0.260 e. The molecule has 3 aromatic rings. The van der Waals surface area contributed by atoms with Gasteiger partial charge >= 0.3 is 0 Å². The topological polar surface area (TPSA) is 67.3 Å². The van der Waals surface area contributed by atoms with Crippen LogP contribution in [0.2, 0.25) is 0 Å². The maximum atomic E-state index is 4.43. The highest BCUT2D eigenvalue weighted by Gasteiger charge is 2.18. The van der Waals surface area contributed by atoms with Gasteiger partial charge in [0.1, 0.15) is 0 Å². The van der Waals surface area contributed by atoms with Crippen LogP contribution in [-0.2, 0) is 0 Å². The summed E-state index contributed by atoms with van der Waals surface area (Å²) in [7, 11) is 0. The fourth-order valence-electron chi connectivity index (χ4n) is 1.77. The van der Waals surface area contributed by atoms with Crippen LogP contribution < -0.4 is 0 Å². The van der Waals surface area contributed by atoms with Gasteiger partial charge in [-0.2, -0.15) is 5.21 Å². The Morgan fingerprint density at radius 1 is 1.00 bits per heavy atom. The molecule has 3 rings (SSSR count). The predicted molar refractivity (Wildman–Crippen MR) is 72.6 cm³/mol. The van der Waals surface area contributed by atoms with Crippen molar-refractivity contribution in [2.24, 2.45) is 0 Å². The molecule has 1 aromatic carbocycles. The summed E-state index contributed by atoms with van der Waals surface area (Å²) >= 11 is 1.52. The largest absolute Gasteiger partial charge is 0.260 e. The first-order valence-electron chi connectivity index (χ1n) is 5.79. The van der Waals surface area contributed by atoms with Gasteiger partial charge in [-0.3, -0.25) is 4.98 Å². The minimum absolute atomic E-state index is 0.0556. The number of nitrogens with zero attached hydrogens (tertiary/aromatic N) is 4. The lowest BCUT2D eigenvalue weighted by Gasteiger charge is -2.14. The summed E-state index contributed by atoms with van der Waals surface area (Å²) in [5.74, 6) is 0. The maximum absolute atomic E-state index is 4.43. The average molecular weight is 269 g/mol. The zero-order valence-electron chi connectivity index (χ0n) is 9.97. The normalized spacial score (nSPS) is 12.2. The number of H-pyrrole nitrogens is 1. The second kappa shape index (κ2) is 5.62. The van der Waals surface area contributed by atoms with E-state index in [2.05, 4.69) is 37.7 Å². The highest BCUT2D eigenvalue weighted by Crippen LogP contribution is 2.37. The van der Waals surface area contributed by atoms with Gasteiger partial charge in [-0.25, -0.2) is 0 Å². The monoisotopic (exact) mass is 269 g/mol. The van der Waals surface area contributed by atoms with E-state index in [9.17, 15) is 0 Å². The number of tetrazole rings is 1. The van der Waals surface area contributed by atoms with E-state index in [1.165, 1.54) is 11.8 Å². The Balaban J connectivity index is 1.96. The van der Waals surface area contributed by atoms with Gasteiger partial charge < -0.3 is 0 Å². The highest BCUT2D eigenvalue weighted by molar-refractivity contribution is 7.99. The van der Waals surface area contributed by atoms with Crippen LogP contribution in [-0.4, -0.2) is 25.6 Å². The number of hydrogen-bond donors (Lipinski definition) is 1. The molecule has 0 aliphatic heterocycles. The van der Waals surface area contributed by atoms with E-state index in [0.29, 0.717) is 5.16 Å². The number of rotatable bonds is 4. The van der Waals surface area contributed by atoms with Gasteiger partial charge in [-0.05, 0) is 22.9 Å². The molecule has 0 aliphatic rings.